The quantitative estimate of drug-likeness (QED) is 0.880. The van der Waals surface area contributed by atoms with Gasteiger partial charge in [0.15, 0.2) is 0 Å². The van der Waals surface area contributed by atoms with Crippen LogP contribution >= 0.6 is 11.3 Å². The van der Waals surface area contributed by atoms with Crippen molar-refractivity contribution in [3.63, 3.8) is 0 Å². The lowest BCUT2D eigenvalue weighted by Gasteiger charge is -2.35. The van der Waals surface area contributed by atoms with Gasteiger partial charge in [-0.15, -0.1) is 11.3 Å². The van der Waals surface area contributed by atoms with E-state index in [1.165, 1.54) is 36.4 Å². The zero-order chi connectivity index (χ0) is 13.8. The average Bonchev–Trinajstić information content (AvgIpc) is 2.81. The Morgan fingerprint density at radius 3 is 2.37 bits per heavy atom. The fourth-order valence-electron chi connectivity index (χ4n) is 3.45. The van der Waals surface area contributed by atoms with E-state index in [-0.39, 0.29) is 0 Å². The summed E-state index contributed by atoms with van der Waals surface area (Å²) in [6.45, 7) is 6.84. The Kier molecular flexibility index (Phi) is 5.40. The first-order valence-electron chi connectivity index (χ1n) is 7.68. The maximum atomic E-state index is 4.61. The van der Waals surface area contributed by atoms with E-state index >= 15 is 0 Å². The highest BCUT2D eigenvalue weighted by molar-refractivity contribution is 7.09. The van der Waals surface area contributed by atoms with Gasteiger partial charge in [0.2, 0.25) is 0 Å². The number of nitrogens with zero attached hydrogens (tertiary/aromatic N) is 1. The van der Waals surface area contributed by atoms with Gasteiger partial charge in [-0.1, -0.05) is 13.8 Å². The lowest BCUT2D eigenvalue weighted by molar-refractivity contribution is 0.191. The van der Waals surface area contributed by atoms with Gasteiger partial charge in [0.1, 0.15) is 0 Å². The maximum Gasteiger partial charge on any atom is 0.0897 e. The van der Waals surface area contributed by atoms with Crippen molar-refractivity contribution in [1.29, 1.82) is 0 Å². The summed E-state index contributed by atoms with van der Waals surface area (Å²) in [5, 5.41) is 6.95. The number of thiazole rings is 1. The molecule has 1 aliphatic carbocycles. The Labute approximate surface area is 122 Å². The molecule has 1 unspecified atom stereocenters. The number of aryl methyl sites for hydroxylation is 1. The summed E-state index contributed by atoms with van der Waals surface area (Å²) in [6.07, 6.45) is 6.69. The van der Waals surface area contributed by atoms with E-state index in [9.17, 15) is 0 Å². The minimum Gasteiger partial charge on any atom is -0.316 e. The molecule has 0 saturated heterocycles. The van der Waals surface area contributed by atoms with E-state index < -0.39 is 0 Å². The third-order valence-corrected chi connectivity index (χ3v) is 5.62. The first-order valence-corrected chi connectivity index (χ1v) is 8.56. The van der Waals surface area contributed by atoms with E-state index in [1.54, 1.807) is 11.3 Å². The van der Waals surface area contributed by atoms with Gasteiger partial charge >= 0.3 is 0 Å². The summed E-state index contributed by atoms with van der Waals surface area (Å²) >= 11 is 1.77. The van der Waals surface area contributed by atoms with Crippen LogP contribution in [-0.2, 0) is 6.42 Å². The van der Waals surface area contributed by atoms with Crippen LogP contribution in [0.4, 0.5) is 0 Å². The fourth-order valence-corrected chi connectivity index (χ4v) is 4.07. The van der Waals surface area contributed by atoms with Crippen molar-refractivity contribution in [3.8, 4) is 0 Å². The number of aromatic nitrogens is 1. The Balaban J connectivity index is 1.88. The molecule has 0 amide bonds. The molecule has 0 aromatic carbocycles. The summed E-state index contributed by atoms with van der Waals surface area (Å²) in [5.41, 5.74) is 1.27. The molecule has 2 nitrogen and oxygen atoms in total. The molecule has 0 bridgehead atoms. The largest absolute Gasteiger partial charge is 0.316 e. The molecule has 1 aromatic heterocycles. The Bertz CT molecular complexity index is 378. The van der Waals surface area contributed by atoms with Gasteiger partial charge in [0, 0.05) is 17.8 Å². The van der Waals surface area contributed by atoms with E-state index in [1.807, 2.05) is 0 Å². The first-order chi connectivity index (χ1) is 9.10. The third-order valence-electron chi connectivity index (χ3n) is 4.79. The molecule has 1 N–H and O–H groups in total. The first kappa shape index (κ1) is 15.0. The molecule has 1 heterocycles. The smallest absolute Gasteiger partial charge is 0.0897 e. The van der Waals surface area contributed by atoms with Crippen molar-refractivity contribution in [3.05, 3.63) is 16.1 Å². The van der Waals surface area contributed by atoms with Crippen molar-refractivity contribution in [2.24, 2.45) is 17.8 Å². The average molecular weight is 280 g/mol. The van der Waals surface area contributed by atoms with E-state index in [0.717, 1.165) is 24.2 Å². The van der Waals surface area contributed by atoms with Gasteiger partial charge in [-0.25, -0.2) is 4.98 Å². The fraction of sp³-hybridized carbons (Fsp3) is 0.812. The van der Waals surface area contributed by atoms with Crippen molar-refractivity contribution >= 4 is 11.3 Å². The zero-order valence-corrected chi connectivity index (χ0v) is 13.6. The number of hydrogen-bond acceptors (Lipinski definition) is 3. The predicted molar refractivity (Wildman–Crippen MR) is 83.7 cm³/mol. The molecular weight excluding hydrogens is 252 g/mol. The number of rotatable bonds is 5. The van der Waals surface area contributed by atoms with Gasteiger partial charge in [0.25, 0.3) is 0 Å². The molecule has 1 atom stereocenters. The lowest BCUT2D eigenvalue weighted by Crippen LogP contribution is -2.38. The van der Waals surface area contributed by atoms with Gasteiger partial charge in [-0.2, -0.15) is 0 Å². The Morgan fingerprint density at radius 1 is 1.26 bits per heavy atom. The SMILES string of the molecule is CNC(Cc1csc(C)n1)C1CCC(C(C)C)CC1. The highest BCUT2D eigenvalue weighted by Gasteiger charge is 2.28. The molecule has 1 aromatic rings. The molecule has 0 aliphatic heterocycles. The van der Waals surface area contributed by atoms with Crippen LogP contribution in [0.25, 0.3) is 0 Å². The van der Waals surface area contributed by atoms with Gasteiger partial charge < -0.3 is 5.32 Å². The van der Waals surface area contributed by atoms with Gasteiger partial charge in [-0.05, 0) is 57.4 Å². The monoisotopic (exact) mass is 280 g/mol. The molecule has 108 valence electrons. The van der Waals surface area contributed by atoms with Crippen LogP contribution in [0, 0.1) is 24.7 Å². The van der Waals surface area contributed by atoms with Crippen molar-refractivity contribution in [2.75, 3.05) is 7.05 Å². The Morgan fingerprint density at radius 2 is 1.89 bits per heavy atom. The molecule has 0 spiro atoms. The highest BCUT2D eigenvalue weighted by atomic mass is 32.1. The summed E-state index contributed by atoms with van der Waals surface area (Å²) in [5.74, 6) is 2.65. The van der Waals surface area contributed by atoms with Crippen molar-refractivity contribution in [1.82, 2.24) is 10.3 Å². The van der Waals surface area contributed by atoms with Crippen LogP contribution in [0.1, 0.15) is 50.2 Å². The molecule has 19 heavy (non-hydrogen) atoms. The zero-order valence-electron chi connectivity index (χ0n) is 12.8. The third kappa shape index (κ3) is 4.03. The molecule has 1 aliphatic rings. The second-order valence-corrected chi connectivity index (χ2v) is 7.44. The summed E-state index contributed by atoms with van der Waals surface area (Å²) < 4.78 is 0. The van der Waals surface area contributed by atoms with Crippen LogP contribution in [0.3, 0.4) is 0 Å². The van der Waals surface area contributed by atoms with Crippen LogP contribution in [0.5, 0.6) is 0 Å². The number of hydrogen-bond donors (Lipinski definition) is 1. The van der Waals surface area contributed by atoms with Crippen LogP contribution in [0.2, 0.25) is 0 Å². The summed E-state index contributed by atoms with van der Waals surface area (Å²) in [6, 6.07) is 0.606. The molecule has 1 fully saturated rings. The highest BCUT2D eigenvalue weighted by Crippen LogP contribution is 2.35. The number of nitrogens with one attached hydrogen (secondary N) is 1. The van der Waals surface area contributed by atoms with Crippen LogP contribution in [0.15, 0.2) is 5.38 Å². The van der Waals surface area contributed by atoms with E-state index in [4.69, 9.17) is 0 Å². The second-order valence-electron chi connectivity index (χ2n) is 6.38. The van der Waals surface area contributed by atoms with Gasteiger partial charge in [-0.3, -0.25) is 0 Å². The molecule has 3 heteroatoms. The maximum absolute atomic E-state index is 4.61. The molecular formula is C16H28N2S. The van der Waals surface area contributed by atoms with E-state index in [2.05, 4.69) is 43.5 Å². The molecule has 2 rings (SSSR count). The number of likely N-dealkylation sites (N-methyl/N-ethyl adjacent to an activating group) is 1. The van der Waals surface area contributed by atoms with Crippen LogP contribution in [-0.4, -0.2) is 18.1 Å². The van der Waals surface area contributed by atoms with E-state index in [0.29, 0.717) is 6.04 Å². The summed E-state index contributed by atoms with van der Waals surface area (Å²) in [4.78, 5) is 4.61. The van der Waals surface area contributed by atoms with Crippen molar-refractivity contribution < 1.29 is 0 Å². The standard InChI is InChI=1S/C16H28N2S/c1-11(2)13-5-7-14(8-6-13)16(17-4)9-15-10-19-12(3)18-15/h10-11,13-14,16-17H,5-9H2,1-4H3. The minimum absolute atomic E-state index is 0.606. The second kappa shape index (κ2) is 6.85. The molecule has 1 saturated carbocycles. The van der Waals surface area contributed by atoms with Gasteiger partial charge in [0.05, 0.1) is 10.7 Å². The molecule has 0 radical (unpaired) electrons. The topological polar surface area (TPSA) is 24.9 Å². The normalized spacial score (nSPS) is 25.7. The lowest BCUT2D eigenvalue weighted by atomic mass is 9.74. The minimum atomic E-state index is 0.606. The van der Waals surface area contributed by atoms with Crippen molar-refractivity contribution in [2.45, 2.75) is 58.9 Å². The predicted octanol–water partition coefficient (Wildman–Crippen LogP) is 4.04. The Hall–Kier alpha value is -0.410. The summed E-state index contributed by atoms with van der Waals surface area (Å²) in [7, 11) is 2.11. The van der Waals surface area contributed by atoms with Crippen LogP contribution < -0.4 is 5.32 Å².